The maximum absolute atomic E-state index is 12.5. The summed E-state index contributed by atoms with van der Waals surface area (Å²) in [4.78, 5) is 37.3. The molecule has 0 atom stereocenters. The van der Waals surface area contributed by atoms with Crippen molar-refractivity contribution in [1.29, 1.82) is 0 Å². The first-order valence-corrected chi connectivity index (χ1v) is 11.9. The first kappa shape index (κ1) is 24.1. The van der Waals surface area contributed by atoms with E-state index < -0.39 is 5.97 Å². The molecule has 0 aliphatic carbocycles. The summed E-state index contributed by atoms with van der Waals surface area (Å²) in [6, 6.07) is 10.1. The van der Waals surface area contributed by atoms with E-state index in [0.29, 0.717) is 36.0 Å². The molecule has 0 bridgehead atoms. The third kappa shape index (κ3) is 5.63. The number of hydrogen-bond acceptors (Lipinski definition) is 6. The monoisotopic (exact) mass is 567 g/mol. The molecule has 1 saturated heterocycles. The number of carboxylic acids is 1. The summed E-state index contributed by atoms with van der Waals surface area (Å²) in [7, 11) is 0. The largest absolute Gasteiger partial charge is 0.490 e. The predicted octanol–water partition coefficient (Wildman–Crippen LogP) is 5.41. The van der Waals surface area contributed by atoms with E-state index in [1.54, 1.807) is 24.3 Å². The van der Waals surface area contributed by atoms with Crippen molar-refractivity contribution in [2.45, 2.75) is 26.9 Å². The summed E-state index contributed by atoms with van der Waals surface area (Å²) in [5, 5.41) is 8.77. The highest BCUT2D eigenvalue weighted by molar-refractivity contribution is 14.1. The molecular weight excluding hydrogens is 545 g/mol. The fourth-order valence-corrected chi connectivity index (χ4v) is 4.69. The van der Waals surface area contributed by atoms with Gasteiger partial charge < -0.3 is 14.6 Å². The number of rotatable bonds is 9. The van der Waals surface area contributed by atoms with Gasteiger partial charge in [-0.05, 0) is 89.2 Å². The Kier molecular flexibility index (Phi) is 8.19. The van der Waals surface area contributed by atoms with E-state index >= 15 is 0 Å². The molecule has 2 aromatic carbocycles. The Morgan fingerprint density at radius 3 is 2.50 bits per heavy atom. The highest BCUT2D eigenvalue weighted by Gasteiger charge is 2.34. The van der Waals surface area contributed by atoms with E-state index in [9.17, 15) is 14.4 Å². The molecule has 1 heterocycles. The standard InChI is InChI=1S/C23H22INO6S/c1-3-9-25-21(26)19(32-23(25)29)12-15-10-17(24)20(18(11-15)30-4-2)31-13-14-5-7-16(8-6-14)22(27)28/h5-8,10-12H,3-4,9,13H2,1-2H3,(H,27,28)/b19-12+. The Morgan fingerprint density at radius 2 is 1.88 bits per heavy atom. The van der Waals surface area contributed by atoms with Crippen molar-refractivity contribution in [3.05, 3.63) is 61.6 Å². The Labute approximate surface area is 203 Å². The number of carbonyl (C=O) groups excluding carboxylic acids is 2. The van der Waals surface area contributed by atoms with Gasteiger partial charge in [0.05, 0.1) is 20.6 Å². The molecule has 168 valence electrons. The molecule has 1 aliphatic heterocycles. The number of carbonyl (C=O) groups is 3. The average Bonchev–Trinajstić information content (AvgIpc) is 3.01. The zero-order chi connectivity index (χ0) is 23.3. The summed E-state index contributed by atoms with van der Waals surface area (Å²) in [6.07, 6.45) is 2.41. The lowest BCUT2D eigenvalue weighted by molar-refractivity contribution is -0.122. The van der Waals surface area contributed by atoms with Crippen LogP contribution in [0.2, 0.25) is 0 Å². The molecule has 3 rings (SSSR count). The maximum Gasteiger partial charge on any atom is 0.335 e. The minimum Gasteiger partial charge on any atom is -0.490 e. The van der Waals surface area contributed by atoms with Crippen molar-refractivity contribution >= 4 is 57.5 Å². The predicted molar refractivity (Wildman–Crippen MR) is 131 cm³/mol. The maximum atomic E-state index is 12.5. The zero-order valence-corrected chi connectivity index (χ0v) is 20.6. The number of thioether (sulfide) groups is 1. The van der Waals surface area contributed by atoms with E-state index in [1.807, 2.05) is 19.9 Å². The van der Waals surface area contributed by atoms with Crippen LogP contribution in [0.5, 0.6) is 11.5 Å². The van der Waals surface area contributed by atoms with Gasteiger partial charge in [0.15, 0.2) is 11.5 Å². The number of nitrogens with zero attached hydrogens (tertiary/aromatic N) is 1. The lowest BCUT2D eigenvalue weighted by Crippen LogP contribution is -2.28. The number of aromatic carboxylic acids is 1. The Hall–Kier alpha value is -2.53. The molecule has 0 spiro atoms. The third-order valence-corrected chi connectivity index (χ3v) is 6.24. The number of ether oxygens (including phenoxy) is 2. The number of carboxylic acid groups (broad SMARTS) is 1. The molecule has 2 amide bonds. The van der Waals surface area contributed by atoms with Crippen LogP contribution in [0.25, 0.3) is 6.08 Å². The molecule has 7 nitrogen and oxygen atoms in total. The first-order chi connectivity index (χ1) is 15.3. The Bertz CT molecular complexity index is 1070. The summed E-state index contributed by atoms with van der Waals surface area (Å²) in [5.74, 6) is -0.166. The highest BCUT2D eigenvalue weighted by Crippen LogP contribution is 2.38. The lowest BCUT2D eigenvalue weighted by atomic mass is 10.1. The summed E-state index contributed by atoms with van der Waals surface area (Å²) < 4.78 is 12.5. The smallest absolute Gasteiger partial charge is 0.335 e. The van der Waals surface area contributed by atoms with Gasteiger partial charge in [0, 0.05) is 6.54 Å². The number of amides is 2. The van der Waals surface area contributed by atoms with Crippen molar-refractivity contribution in [1.82, 2.24) is 4.90 Å². The summed E-state index contributed by atoms with van der Waals surface area (Å²) in [6.45, 7) is 4.86. The van der Waals surface area contributed by atoms with Gasteiger partial charge in [0.2, 0.25) is 0 Å². The number of halogens is 1. The van der Waals surface area contributed by atoms with Crippen LogP contribution in [-0.4, -0.2) is 40.3 Å². The number of hydrogen-bond donors (Lipinski definition) is 1. The summed E-state index contributed by atoms with van der Waals surface area (Å²) >= 11 is 3.08. The van der Waals surface area contributed by atoms with Crippen molar-refractivity contribution in [2.24, 2.45) is 0 Å². The van der Waals surface area contributed by atoms with E-state index in [2.05, 4.69) is 22.6 Å². The second-order valence-electron chi connectivity index (χ2n) is 6.89. The minimum absolute atomic E-state index is 0.214. The highest BCUT2D eigenvalue weighted by atomic mass is 127. The van der Waals surface area contributed by atoms with Crippen molar-refractivity contribution in [2.75, 3.05) is 13.2 Å². The van der Waals surface area contributed by atoms with Gasteiger partial charge in [-0.2, -0.15) is 0 Å². The minimum atomic E-state index is -0.978. The van der Waals surface area contributed by atoms with Crippen LogP contribution in [-0.2, 0) is 11.4 Å². The molecule has 1 N–H and O–H groups in total. The van der Waals surface area contributed by atoms with Gasteiger partial charge in [0.1, 0.15) is 6.61 Å². The van der Waals surface area contributed by atoms with Crippen LogP contribution in [0.15, 0.2) is 41.3 Å². The van der Waals surface area contributed by atoms with Gasteiger partial charge >= 0.3 is 5.97 Å². The lowest BCUT2D eigenvalue weighted by Gasteiger charge is -2.15. The van der Waals surface area contributed by atoms with Gasteiger partial charge in [-0.25, -0.2) is 4.79 Å². The number of imide groups is 1. The van der Waals surface area contributed by atoms with Crippen LogP contribution in [0.1, 0.15) is 41.8 Å². The van der Waals surface area contributed by atoms with Gasteiger partial charge in [-0.1, -0.05) is 19.1 Å². The van der Waals surface area contributed by atoms with E-state index in [0.717, 1.165) is 26.5 Å². The van der Waals surface area contributed by atoms with Crippen LogP contribution < -0.4 is 9.47 Å². The van der Waals surface area contributed by atoms with Gasteiger partial charge in [-0.3, -0.25) is 14.5 Å². The summed E-state index contributed by atoms with van der Waals surface area (Å²) in [5.41, 5.74) is 1.77. The van der Waals surface area contributed by atoms with Crippen molar-refractivity contribution in [3.8, 4) is 11.5 Å². The first-order valence-electron chi connectivity index (χ1n) is 10.0. The normalized spacial score (nSPS) is 14.8. The molecule has 0 radical (unpaired) electrons. The van der Waals surface area contributed by atoms with Gasteiger partial charge in [0.25, 0.3) is 11.1 Å². The molecule has 1 fully saturated rings. The molecule has 32 heavy (non-hydrogen) atoms. The zero-order valence-electron chi connectivity index (χ0n) is 17.6. The Balaban J connectivity index is 1.82. The molecule has 0 aromatic heterocycles. The molecule has 0 unspecified atom stereocenters. The fraction of sp³-hybridized carbons (Fsp3) is 0.261. The molecule has 9 heteroatoms. The SMILES string of the molecule is CCCN1C(=O)S/C(=C/c2cc(I)c(OCc3ccc(C(=O)O)cc3)c(OCC)c2)C1=O. The van der Waals surface area contributed by atoms with E-state index in [1.165, 1.54) is 17.0 Å². The average molecular weight is 567 g/mol. The Morgan fingerprint density at radius 1 is 1.16 bits per heavy atom. The van der Waals surface area contributed by atoms with Crippen LogP contribution in [0.4, 0.5) is 4.79 Å². The van der Waals surface area contributed by atoms with Gasteiger partial charge in [-0.15, -0.1) is 0 Å². The van der Waals surface area contributed by atoms with Crippen LogP contribution >= 0.6 is 34.4 Å². The molecule has 2 aromatic rings. The van der Waals surface area contributed by atoms with Crippen LogP contribution in [0.3, 0.4) is 0 Å². The van der Waals surface area contributed by atoms with Crippen LogP contribution in [0, 0.1) is 3.57 Å². The van der Waals surface area contributed by atoms with E-state index in [-0.39, 0.29) is 23.3 Å². The molecular formula is C23H22INO6S. The van der Waals surface area contributed by atoms with Crippen molar-refractivity contribution in [3.63, 3.8) is 0 Å². The number of benzene rings is 2. The molecule has 0 saturated carbocycles. The second-order valence-corrected chi connectivity index (χ2v) is 9.04. The molecule has 1 aliphatic rings. The third-order valence-electron chi connectivity index (χ3n) is 4.53. The van der Waals surface area contributed by atoms with Crippen molar-refractivity contribution < 1.29 is 29.0 Å². The topological polar surface area (TPSA) is 93.1 Å². The second kappa shape index (κ2) is 10.9. The fourth-order valence-electron chi connectivity index (χ4n) is 3.04. The van der Waals surface area contributed by atoms with E-state index in [4.69, 9.17) is 14.6 Å². The quantitative estimate of drug-likeness (QED) is 0.320.